The van der Waals surface area contributed by atoms with Gasteiger partial charge in [-0.2, -0.15) is 0 Å². The zero-order valence-electron chi connectivity index (χ0n) is 11.3. The molecule has 1 aliphatic heterocycles. The molecule has 0 radical (unpaired) electrons. The largest absolute Gasteiger partial charge is 0.314 e. The number of nitrogens with zero attached hydrogens (tertiary/aromatic N) is 1. The molecular weight excluding hydrogens is 330 g/mol. The first-order valence-corrected chi connectivity index (χ1v) is 8.37. The van der Waals surface area contributed by atoms with Crippen molar-refractivity contribution < 1.29 is 4.39 Å². The Labute approximate surface area is 137 Å². The number of nitrogens with one attached hydrogen (secondary N) is 1. The van der Waals surface area contributed by atoms with Crippen LogP contribution in [0.5, 0.6) is 0 Å². The predicted molar refractivity (Wildman–Crippen MR) is 87.0 cm³/mol. The van der Waals surface area contributed by atoms with E-state index >= 15 is 0 Å². The Morgan fingerprint density at radius 1 is 1.14 bits per heavy atom. The van der Waals surface area contributed by atoms with E-state index in [-0.39, 0.29) is 11.9 Å². The molecule has 2 aromatic rings. The highest BCUT2D eigenvalue weighted by Crippen LogP contribution is 2.38. The Bertz CT molecular complexity index is 626. The summed E-state index contributed by atoms with van der Waals surface area (Å²) in [5.74, 6) is -0.313. The van der Waals surface area contributed by atoms with E-state index in [9.17, 15) is 4.39 Å². The van der Waals surface area contributed by atoms with Crippen molar-refractivity contribution in [3.8, 4) is 0 Å². The average Bonchev–Trinajstić information content (AvgIpc) is 2.89. The summed E-state index contributed by atoms with van der Waals surface area (Å²) >= 11 is 13.9. The molecule has 1 aliphatic rings. The van der Waals surface area contributed by atoms with Gasteiger partial charge >= 0.3 is 0 Å². The van der Waals surface area contributed by atoms with E-state index in [1.807, 2.05) is 12.1 Å². The van der Waals surface area contributed by atoms with Crippen molar-refractivity contribution in [2.45, 2.75) is 6.04 Å². The second-order valence-corrected chi connectivity index (χ2v) is 7.15. The third kappa shape index (κ3) is 3.41. The highest BCUT2D eigenvalue weighted by molar-refractivity contribution is 7.16. The first kappa shape index (κ1) is 15.3. The molecule has 0 aliphatic carbocycles. The maximum Gasteiger partial charge on any atom is 0.124 e. The van der Waals surface area contributed by atoms with Gasteiger partial charge in [-0.05, 0) is 29.8 Å². The molecule has 1 atom stereocenters. The first-order chi connectivity index (χ1) is 10.1. The van der Waals surface area contributed by atoms with Gasteiger partial charge in [0.15, 0.2) is 0 Å². The average molecular weight is 345 g/mol. The molecule has 3 rings (SSSR count). The van der Waals surface area contributed by atoms with Gasteiger partial charge in [-0.25, -0.2) is 4.39 Å². The van der Waals surface area contributed by atoms with Crippen molar-refractivity contribution >= 4 is 34.5 Å². The maximum absolute atomic E-state index is 13.3. The van der Waals surface area contributed by atoms with Crippen LogP contribution in [0, 0.1) is 5.82 Å². The fraction of sp³-hybridized carbons (Fsp3) is 0.333. The molecule has 0 amide bonds. The molecule has 1 aromatic heterocycles. The minimum absolute atomic E-state index is 0.0256. The second kappa shape index (κ2) is 6.63. The minimum atomic E-state index is -0.313. The fourth-order valence-electron chi connectivity index (χ4n) is 2.67. The highest BCUT2D eigenvalue weighted by Gasteiger charge is 2.27. The highest BCUT2D eigenvalue weighted by atomic mass is 35.5. The van der Waals surface area contributed by atoms with E-state index < -0.39 is 0 Å². The van der Waals surface area contributed by atoms with Gasteiger partial charge in [-0.1, -0.05) is 29.3 Å². The first-order valence-electron chi connectivity index (χ1n) is 6.80. The van der Waals surface area contributed by atoms with Crippen LogP contribution in [0.3, 0.4) is 0 Å². The summed E-state index contributed by atoms with van der Waals surface area (Å²) in [7, 11) is 0. The van der Waals surface area contributed by atoms with Crippen LogP contribution in [0.2, 0.25) is 9.36 Å². The lowest BCUT2D eigenvalue weighted by Gasteiger charge is -2.35. The van der Waals surface area contributed by atoms with Gasteiger partial charge in [0.2, 0.25) is 0 Å². The third-order valence-corrected chi connectivity index (χ3v) is 5.25. The van der Waals surface area contributed by atoms with Gasteiger partial charge in [-0.15, -0.1) is 11.3 Å². The second-order valence-electron chi connectivity index (χ2n) is 5.00. The quantitative estimate of drug-likeness (QED) is 0.897. The Morgan fingerprint density at radius 3 is 2.52 bits per heavy atom. The SMILES string of the molecule is Fc1ccc([C@H](c2ccc(Cl)s2)N2CCNCC2)c(Cl)c1. The Balaban J connectivity index is 2.02. The number of thiophene rings is 1. The fourth-order valence-corrected chi connectivity index (χ4v) is 4.15. The maximum atomic E-state index is 13.3. The molecule has 1 aromatic carbocycles. The molecule has 21 heavy (non-hydrogen) atoms. The van der Waals surface area contributed by atoms with Crippen LogP contribution in [-0.4, -0.2) is 31.1 Å². The topological polar surface area (TPSA) is 15.3 Å². The van der Waals surface area contributed by atoms with Crippen LogP contribution in [0.1, 0.15) is 16.5 Å². The standard InChI is InChI=1S/C15H15Cl2FN2S/c16-12-9-10(18)1-2-11(12)15(13-3-4-14(17)21-13)20-7-5-19-6-8-20/h1-4,9,15,19H,5-8H2/t15-/m1/s1. The van der Waals surface area contributed by atoms with E-state index in [1.54, 1.807) is 17.4 Å². The van der Waals surface area contributed by atoms with Crippen LogP contribution in [0.4, 0.5) is 4.39 Å². The molecule has 112 valence electrons. The van der Waals surface area contributed by atoms with Gasteiger partial charge in [-0.3, -0.25) is 4.90 Å². The van der Waals surface area contributed by atoms with Crippen LogP contribution >= 0.6 is 34.5 Å². The van der Waals surface area contributed by atoms with E-state index in [1.165, 1.54) is 12.1 Å². The molecule has 2 heterocycles. The van der Waals surface area contributed by atoms with E-state index in [4.69, 9.17) is 23.2 Å². The third-order valence-electron chi connectivity index (χ3n) is 3.64. The number of hydrogen-bond acceptors (Lipinski definition) is 3. The lowest BCUT2D eigenvalue weighted by molar-refractivity contribution is 0.200. The van der Waals surface area contributed by atoms with Gasteiger partial charge in [0.1, 0.15) is 5.82 Å². The van der Waals surface area contributed by atoms with Crippen molar-refractivity contribution in [2.24, 2.45) is 0 Å². The number of piperazine rings is 1. The molecule has 0 spiro atoms. The Kier molecular flexibility index (Phi) is 4.82. The molecule has 2 nitrogen and oxygen atoms in total. The van der Waals surface area contributed by atoms with Gasteiger partial charge in [0.25, 0.3) is 0 Å². The van der Waals surface area contributed by atoms with Crippen molar-refractivity contribution in [1.82, 2.24) is 10.2 Å². The summed E-state index contributed by atoms with van der Waals surface area (Å²) in [5.41, 5.74) is 0.929. The smallest absolute Gasteiger partial charge is 0.124 e. The van der Waals surface area contributed by atoms with Crippen LogP contribution in [-0.2, 0) is 0 Å². The van der Waals surface area contributed by atoms with Crippen molar-refractivity contribution in [2.75, 3.05) is 26.2 Å². The molecule has 0 bridgehead atoms. The lowest BCUT2D eigenvalue weighted by atomic mass is 10.0. The van der Waals surface area contributed by atoms with Gasteiger partial charge in [0, 0.05) is 36.1 Å². The summed E-state index contributed by atoms with van der Waals surface area (Å²) in [4.78, 5) is 3.49. The minimum Gasteiger partial charge on any atom is -0.314 e. The van der Waals surface area contributed by atoms with E-state index in [0.717, 1.165) is 41.0 Å². The number of rotatable bonds is 3. The lowest BCUT2D eigenvalue weighted by Crippen LogP contribution is -2.45. The Hall–Kier alpha value is -0.650. The monoisotopic (exact) mass is 344 g/mol. The normalized spacial score (nSPS) is 17.9. The molecule has 1 N–H and O–H groups in total. The zero-order chi connectivity index (χ0) is 14.8. The molecular formula is C15H15Cl2FN2S. The summed E-state index contributed by atoms with van der Waals surface area (Å²) in [6.07, 6.45) is 0. The molecule has 1 fully saturated rings. The van der Waals surface area contributed by atoms with Crippen LogP contribution < -0.4 is 5.32 Å². The zero-order valence-corrected chi connectivity index (χ0v) is 13.6. The molecule has 6 heteroatoms. The van der Waals surface area contributed by atoms with Crippen molar-refractivity contribution in [1.29, 1.82) is 0 Å². The summed E-state index contributed by atoms with van der Waals surface area (Å²) in [5, 5.41) is 3.81. The van der Waals surface area contributed by atoms with E-state index in [2.05, 4.69) is 10.2 Å². The molecule has 0 unspecified atom stereocenters. The Morgan fingerprint density at radius 2 is 1.90 bits per heavy atom. The number of benzene rings is 1. The van der Waals surface area contributed by atoms with Crippen molar-refractivity contribution in [3.63, 3.8) is 0 Å². The van der Waals surface area contributed by atoms with Crippen molar-refractivity contribution in [3.05, 3.63) is 55.9 Å². The van der Waals surface area contributed by atoms with Crippen LogP contribution in [0.15, 0.2) is 30.3 Å². The molecule has 1 saturated heterocycles. The molecule has 0 saturated carbocycles. The summed E-state index contributed by atoms with van der Waals surface area (Å²) in [6, 6.07) is 8.57. The number of hydrogen-bond donors (Lipinski definition) is 1. The van der Waals surface area contributed by atoms with Gasteiger partial charge < -0.3 is 5.32 Å². The van der Waals surface area contributed by atoms with Gasteiger partial charge in [0.05, 0.1) is 10.4 Å². The number of halogens is 3. The predicted octanol–water partition coefficient (Wildman–Crippen LogP) is 4.19. The van der Waals surface area contributed by atoms with E-state index in [0.29, 0.717) is 5.02 Å². The summed E-state index contributed by atoms with van der Waals surface area (Å²) in [6.45, 7) is 3.73. The summed E-state index contributed by atoms with van der Waals surface area (Å²) < 4.78 is 14.1. The van der Waals surface area contributed by atoms with Crippen LogP contribution in [0.25, 0.3) is 0 Å².